The van der Waals surface area contributed by atoms with E-state index < -0.39 is 0 Å². The molecule has 3 rings (SSSR count). The molecular weight excluding hydrogens is 298 g/mol. The smallest absolute Gasteiger partial charge is 0.119 e. The molecule has 0 fully saturated rings. The number of benzene rings is 2. The van der Waals surface area contributed by atoms with E-state index in [-0.39, 0.29) is 6.61 Å². The van der Waals surface area contributed by atoms with E-state index in [1.54, 1.807) is 0 Å². The van der Waals surface area contributed by atoms with E-state index in [4.69, 9.17) is 9.84 Å². The molecule has 0 amide bonds. The molecule has 0 saturated carbocycles. The Balaban J connectivity index is 1.70. The van der Waals surface area contributed by atoms with E-state index in [9.17, 15) is 0 Å². The summed E-state index contributed by atoms with van der Waals surface area (Å²) in [5.41, 5.74) is 4.71. The van der Waals surface area contributed by atoms with Crippen LogP contribution in [-0.2, 0) is 13.2 Å². The molecule has 0 radical (unpaired) electrons. The van der Waals surface area contributed by atoms with E-state index in [1.807, 2.05) is 30.3 Å². The van der Waals surface area contributed by atoms with Crippen LogP contribution in [0, 0.1) is 6.92 Å². The molecule has 0 aliphatic rings. The van der Waals surface area contributed by atoms with E-state index in [0.29, 0.717) is 6.61 Å². The lowest BCUT2D eigenvalue weighted by Crippen LogP contribution is -2.03. The number of hydrogen-bond acceptors (Lipinski definition) is 2. The van der Waals surface area contributed by atoms with Crippen molar-refractivity contribution in [3.05, 3.63) is 78.0 Å². The van der Waals surface area contributed by atoms with E-state index >= 15 is 0 Å². The van der Waals surface area contributed by atoms with Crippen LogP contribution in [0.5, 0.6) is 5.75 Å². The van der Waals surface area contributed by atoms with Crippen LogP contribution in [-0.4, -0.2) is 16.3 Å². The van der Waals surface area contributed by atoms with Crippen molar-refractivity contribution >= 4 is 0 Å². The molecule has 2 aromatic carbocycles. The van der Waals surface area contributed by atoms with Gasteiger partial charge in [0.25, 0.3) is 0 Å². The Morgan fingerprint density at radius 2 is 1.67 bits per heavy atom. The van der Waals surface area contributed by atoms with Gasteiger partial charge in [0.05, 0.1) is 0 Å². The minimum atomic E-state index is 0.212. The third kappa shape index (κ3) is 3.87. The zero-order chi connectivity index (χ0) is 16.8. The second kappa shape index (κ2) is 7.84. The van der Waals surface area contributed by atoms with Crippen LogP contribution in [0.15, 0.2) is 66.7 Å². The Morgan fingerprint density at radius 1 is 0.917 bits per heavy atom. The van der Waals surface area contributed by atoms with Crippen molar-refractivity contribution in [2.75, 3.05) is 6.61 Å². The molecule has 0 spiro atoms. The minimum absolute atomic E-state index is 0.212. The number of aliphatic hydroxyl groups is 1. The number of ether oxygens (including phenoxy) is 1. The summed E-state index contributed by atoms with van der Waals surface area (Å²) in [5, 5.41) is 9.08. The zero-order valence-corrected chi connectivity index (χ0v) is 14.0. The first-order valence-electron chi connectivity index (χ1n) is 8.32. The fourth-order valence-electron chi connectivity index (χ4n) is 2.81. The van der Waals surface area contributed by atoms with E-state index in [2.05, 4.69) is 47.9 Å². The van der Waals surface area contributed by atoms with Gasteiger partial charge in [-0.25, -0.2) is 0 Å². The van der Waals surface area contributed by atoms with Gasteiger partial charge in [0.2, 0.25) is 0 Å². The lowest BCUT2D eigenvalue weighted by atomic mass is 10.1. The van der Waals surface area contributed by atoms with Crippen molar-refractivity contribution in [1.29, 1.82) is 0 Å². The number of aromatic nitrogens is 1. The van der Waals surface area contributed by atoms with Crippen molar-refractivity contribution in [2.24, 2.45) is 0 Å². The SMILES string of the molecule is Cc1ccc(-c2ccc(OCc3ccccc3)cc2)n1CCCO. The van der Waals surface area contributed by atoms with Crippen LogP contribution in [0.1, 0.15) is 17.7 Å². The molecule has 1 aromatic heterocycles. The number of rotatable bonds is 7. The molecule has 0 unspecified atom stereocenters. The van der Waals surface area contributed by atoms with Crippen LogP contribution in [0.25, 0.3) is 11.3 Å². The summed E-state index contributed by atoms with van der Waals surface area (Å²) in [6.45, 7) is 3.71. The largest absolute Gasteiger partial charge is 0.489 e. The topological polar surface area (TPSA) is 34.4 Å². The van der Waals surface area contributed by atoms with Gasteiger partial charge in [0.1, 0.15) is 12.4 Å². The average molecular weight is 321 g/mol. The maximum Gasteiger partial charge on any atom is 0.119 e. The van der Waals surface area contributed by atoms with Gasteiger partial charge in [-0.3, -0.25) is 0 Å². The second-order valence-corrected chi connectivity index (χ2v) is 5.89. The van der Waals surface area contributed by atoms with Gasteiger partial charge in [-0.2, -0.15) is 0 Å². The van der Waals surface area contributed by atoms with Crippen molar-refractivity contribution in [3.63, 3.8) is 0 Å². The van der Waals surface area contributed by atoms with Gasteiger partial charge in [0.15, 0.2) is 0 Å². The monoisotopic (exact) mass is 321 g/mol. The normalized spacial score (nSPS) is 10.8. The maximum atomic E-state index is 9.08. The Hall–Kier alpha value is -2.52. The maximum absolute atomic E-state index is 9.08. The van der Waals surface area contributed by atoms with Crippen LogP contribution in [0.2, 0.25) is 0 Å². The standard InChI is InChI=1S/C21H23NO2/c1-17-8-13-21(22(17)14-5-15-23)19-9-11-20(12-10-19)24-16-18-6-3-2-4-7-18/h2-4,6-13,23H,5,14-16H2,1H3. The fraction of sp³-hybridized carbons (Fsp3) is 0.238. The summed E-state index contributed by atoms with van der Waals surface area (Å²) in [6, 6.07) is 22.6. The Morgan fingerprint density at radius 3 is 2.38 bits per heavy atom. The van der Waals surface area contributed by atoms with E-state index in [1.165, 1.54) is 11.4 Å². The average Bonchev–Trinajstić information content (AvgIpc) is 3.00. The molecule has 0 atom stereocenters. The number of hydrogen-bond donors (Lipinski definition) is 1. The van der Waals surface area contributed by atoms with Crippen molar-refractivity contribution < 1.29 is 9.84 Å². The Kier molecular flexibility index (Phi) is 5.34. The number of aliphatic hydroxyl groups excluding tert-OH is 1. The summed E-state index contributed by atoms with van der Waals surface area (Å²) in [6.07, 6.45) is 0.765. The van der Waals surface area contributed by atoms with Gasteiger partial charge >= 0.3 is 0 Å². The van der Waals surface area contributed by atoms with E-state index in [0.717, 1.165) is 29.8 Å². The summed E-state index contributed by atoms with van der Waals surface area (Å²) in [7, 11) is 0. The third-order valence-electron chi connectivity index (χ3n) is 4.14. The predicted octanol–water partition coefficient (Wildman–Crippen LogP) is 4.42. The first-order chi connectivity index (χ1) is 11.8. The van der Waals surface area contributed by atoms with Gasteiger partial charge in [-0.05, 0) is 60.9 Å². The lowest BCUT2D eigenvalue weighted by Gasteiger charge is -2.12. The zero-order valence-electron chi connectivity index (χ0n) is 14.0. The number of nitrogens with zero attached hydrogens (tertiary/aromatic N) is 1. The summed E-state index contributed by atoms with van der Waals surface area (Å²) in [4.78, 5) is 0. The molecule has 1 N–H and O–H groups in total. The van der Waals surface area contributed by atoms with Crippen LogP contribution >= 0.6 is 0 Å². The molecule has 3 aromatic rings. The van der Waals surface area contributed by atoms with Gasteiger partial charge in [-0.1, -0.05) is 30.3 Å². The summed E-state index contributed by atoms with van der Waals surface area (Å²) >= 11 is 0. The molecule has 24 heavy (non-hydrogen) atoms. The predicted molar refractivity (Wildman–Crippen MR) is 97.1 cm³/mol. The number of aryl methyl sites for hydroxylation is 1. The second-order valence-electron chi connectivity index (χ2n) is 5.89. The van der Waals surface area contributed by atoms with Crippen LogP contribution in [0.3, 0.4) is 0 Å². The van der Waals surface area contributed by atoms with Gasteiger partial charge < -0.3 is 14.4 Å². The van der Waals surface area contributed by atoms with Crippen LogP contribution in [0.4, 0.5) is 0 Å². The highest BCUT2D eigenvalue weighted by molar-refractivity contribution is 5.62. The molecule has 0 aliphatic heterocycles. The molecule has 1 heterocycles. The minimum Gasteiger partial charge on any atom is -0.489 e. The molecule has 124 valence electrons. The highest BCUT2D eigenvalue weighted by atomic mass is 16.5. The third-order valence-corrected chi connectivity index (χ3v) is 4.14. The Bertz CT molecular complexity index is 760. The highest BCUT2D eigenvalue weighted by Gasteiger charge is 2.07. The highest BCUT2D eigenvalue weighted by Crippen LogP contribution is 2.25. The van der Waals surface area contributed by atoms with Gasteiger partial charge in [0, 0.05) is 24.5 Å². The van der Waals surface area contributed by atoms with Crippen molar-refractivity contribution in [2.45, 2.75) is 26.5 Å². The Labute approximate surface area is 143 Å². The fourth-order valence-corrected chi connectivity index (χ4v) is 2.81. The molecule has 3 nitrogen and oxygen atoms in total. The first kappa shape index (κ1) is 16.3. The molecular formula is C21H23NO2. The summed E-state index contributed by atoms with van der Waals surface area (Å²) in [5.74, 6) is 0.868. The molecule has 0 aliphatic carbocycles. The van der Waals surface area contributed by atoms with Gasteiger partial charge in [-0.15, -0.1) is 0 Å². The molecule has 3 heteroatoms. The van der Waals surface area contributed by atoms with Crippen molar-refractivity contribution in [3.8, 4) is 17.0 Å². The quantitative estimate of drug-likeness (QED) is 0.699. The molecule has 0 saturated heterocycles. The summed E-state index contributed by atoms with van der Waals surface area (Å²) < 4.78 is 8.09. The first-order valence-corrected chi connectivity index (χ1v) is 8.32. The molecule has 0 bridgehead atoms. The van der Waals surface area contributed by atoms with Crippen LogP contribution < -0.4 is 4.74 Å². The lowest BCUT2D eigenvalue weighted by molar-refractivity contribution is 0.279. The van der Waals surface area contributed by atoms with Crippen molar-refractivity contribution in [1.82, 2.24) is 4.57 Å².